The van der Waals surface area contributed by atoms with Crippen molar-refractivity contribution in [3.05, 3.63) is 69.7 Å². The van der Waals surface area contributed by atoms with E-state index in [0.717, 1.165) is 35.4 Å². The lowest BCUT2D eigenvalue weighted by molar-refractivity contribution is -0.121. The summed E-state index contributed by atoms with van der Waals surface area (Å²) in [6, 6.07) is 11.1. The number of benzene rings is 1. The van der Waals surface area contributed by atoms with Gasteiger partial charge in [0.2, 0.25) is 11.9 Å². The van der Waals surface area contributed by atoms with Gasteiger partial charge in [0.15, 0.2) is 0 Å². The minimum Gasteiger partial charge on any atom is -0.497 e. The summed E-state index contributed by atoms with van der Waals surface area (Å²) < 4.78 is 5.14. The fourth-order valence-electron chi connectivity index (χ4n) is 3.47. The van der Waals surface area contributed by atoms with Crippen molar-refractivity contribution in [3.8, 4) is 5.75 Å². The maximum atomic E-state index is 12.4. The van der Waals surface area contributed by atoms with Gasteiger partial charge in [-0.1, -0.05) is 18.2 Å². The molecule has 8 heteroatoms. The highest BCUT2D eigenvalue weighted by Gasteiger charge is 2.22. The Morgan fingerprint density at radius 2 is 2.07 bits per heavy atom. The molecule has 1 aromatic carbocycles. The van der Waals surface area contributed by atoms with Gasteiger partial charge < -0.3 is 10.1 Å². The molecule has 1 aliphatic carbocycles. The number of methoxy groups -OCH3 is 1. The molecule has 7 nitrogen and oxygen atoms in total. The molecule has 2 amide bonds. The number of fused-ring (bicyclic) bond motifs is 1. The van der Waals surface area contributed by atoms with Crippen LogP contribution in [0.5, 0.6) is 5.75 Å². The summed E-state index contributed by atoms with van der Waals surface area (Å²) in [6.45, 7) is 0. The standard InChI is InChI=1S/C22H22N4O3S/c1-29-17-7-4-14(5-8-17)11-20(27)24-16-6-9-18-15(12-16)13-23-22(25-18)26-21(28)19-3-2-10-30-19/h2-5,7-8,10,13,16H,6,9,11-12H2,1H3,(H,24,27)(H,23,25,26,28). The number of aromatic nitrogens is 2. The number of hydrogen-bond acceptors (Lipinski definition) is 6. The Morgan fingerprint density at radius 3 is 2.80 bits per heavy atom. The zero-order valence-electron chi connectivity index (χ0n) is 16.6. The molecule has 0 spiro atoms. The van der Waals surface area contributed by atoms with Gasteiger partial charge in [-0.2, -0.15) is 0 Å². The number of rotatable bonds is 6. The van der Waals surface area contributed by atoms with E-state index >= 15 is 0 Å². The number of nitrogens with one attached hydrogen (secondary N) is 2. The van der Waals surface area contributed by atoms with Crippen molar-refractivity contribution in [3.63, 3.8) is 0 Å². The minimum atomic E-state index is -0.204. The van der Waals surface area contributed by atoms with Crippen molar-refractivity contribution in [2.45, 2.75) is 31.7 Å². The average Bonchev–Trinajstić information content (AvgIpc) is 3.29. The zero-order valence-corrected chi connectivity index (χ0v) is 17.4. The van der Waals surface area contributed by atoms with Gasteiger partial charge in [-0.25, -0.2) is 9.97 Å². The van der Waals surface area contributed by atoms with Crippen molar-refractivity contribution >= 4 is 29.1 Å². The molecule has 154 valence electrons. The fraction of sp³-hybridized carbons (Fsp3) is 0.273. The number of nitrogens with zero attached hydrogens (tertiary/aromatic N) is 2. The number of hydrogen-bond donors (Lipinski definition) is 2. The average molecular weight is 423 g/mol. The lowest BCUT2D eigenvalue weighted by Crippen LogP contribution is -2.40. The van der Waals surface area contributed by atoms with E-state index in [4.69, 9.17) is 4.74 Å². The molecule has 2 N–H and O–H groups in total. The molecular formula is C22H22N4O3S. The van der Waals surface area contributed by atoms with Crippen LogP contribution in [0.3, 0.4) is 0 Å². The van der Waals surface area contributed by atoms with Crippen molar-refractivity contribution in [2.75, 3.05) is 12.4 Å². The topological polar surface area (TPSA) is 93.2 Å². The largest absolute Gasteiger partial charge is 0.497 e. The van der Waals surface area contributed by atoms with Gasteiger partial charge in [0.25, 0.3) is 5.91 Å². The molecule has 0 radical (unpaired) electrons. The number of amides is 2. The molecule has 2 heterocycles. The third kappa shape index (κ3) is 4.83. The highest BCUT2D eigenvalue weighted by atomic mass is 32.1. The maximum Gasteiger partial charge on any atom is 0.268 e. The van der Waals surface area contributed by atoms with Gasteiger partial charge in [0.05, 0.1) is 18.4 Å². The molecule has 3 aromatic rings. The highest BCUT2D eigenvalue weighted by Crippen LogP contribution is 2.21. The predicted molar refractivity (Wildman–Crippen MR) is 115 cm³/mol. The summed E-state index contributed by atoms with van der Waals surface area (Å²) in [7, 11) is 1.62. The molecule has 1 aliphatic rings. The number of aryl methyl sites for hydroxylation is 1. The van der Waals surface area contributed by atoms with Crippen molar-refractivity contribution < 1.29 is 14.3 Å². The SMILES string of the molecule is COc1ccc(CC(=O)NC2CCc3nc(NC(=O)c4cccs4)ncc3C2)cc1. The monoisotopic (exact) mass is 422 g/mol. The Morgan fingerprint density at radius 1 is 1.23 bits per heavy atom. The number of carbonyl (C=O) groups is 2. The van der Waals surface area contributed by atoms with Gasteiger partial charge in [-0.15, -0.1) is 11.3 Å². The Bertz CT molecular complexity index is 1040. The lowest BCUT2D eigenvalue weighted by Gasteiger charge is -2.25. The third-order valence-electron chi connectivity index (χ3n) is 5.01. The number of anilines is 1. The summed E-state index contributed by atoms with van der Waals surface area (Å²) >= 11 is 1.37. The van der Waals surface area contributed by atoms with Crippen LogP contribution in [-0.2, 0) is 24.1 Å². The Balaban J connectivity index is 1.33. The molecule has 0 saturated heterocycles. The van der Waals surface area contributed by atoms with E-state index < -0.39 is 0 Å². The second-order valence-corrected chi connectivity index (χ2v) is 8.08. The van der Waals surface area contributed by atoms with Gasteiger partial charge in [0.1, 0.15) is 5.75 Å². The molecular weight excluding hydrogens is 400 g/mol. The van der Waals surface area contributed by atoms with Crippen LogP contribution in [-0.4, -0.2) is 34.9 Å². The van der Waals surface area contributed by atoms with Crippen LogP contribution in [0.4, 0.5) is 5.95 Å². The van der Waals surface area contributed by atoms with E-state index in [0.29, 0.717) is 23.7 Å². The number of carbonyl (C=O) groups excluding carboxylic acids is 2. The zero-order chi connectivity index (χ0) is 20.9. The smallest absolute Gasteiger partial charge is 0.268 e. The van der Waals surface area contributed by atoms with Crippen LogP contribution in [0.15, 0.2) is 48.0 Å². The first-order valence-corrected chi connectivity index (χ1v) is 10.6. The lowest BCUT2D eigenvalue weighted by atomic mass is 9.92. The molecule has 4 rings (SSSR count). The summed E-state index contributed by atoms with van der Waals surface area (Å²) in [5.74, 6) is 0.877. The van der Waals surface area contributed by atoms with Gasteiger partial charge >= 0.3 is 0 Å². The molecule has 1 atom stereocenters. The summed E-state index contributed by atoms with van der Waals surface area (Å²) in [5.41, 5.74) is 2.87. The van der Waals surface area contributed by atoms with Gasteiger partial charge in [-0.05, 0) is 54.0 Å². The molecule has 0 fully saturated rings. The first kappa shape index (κ1) is 20.0. The first-order valence-electron chi connectivity index (χ1n) is 9.72. The van der Waals surface area contributed by atoms with Crippen LogP contribution >= 0.6 is 11.3 Å². The normalized spacial score (nSPS) is 15.2. The number of ether oxygens (including phenoxy) is 1. The van der Waals surface area contributed by atoms with E-state index in [9.17, 15) is 9.59 Å². The summed E-state index contributed by atoms with van der Waals surface area (Å²) in [4.78, 5) is 34.0. The van der Waals surface area contributed by atoms with Crippen LogP contribution in [0.1, 0.15) is 32.9 Å². The van der Waals surface area contributed by atoms with Crippen LogP contribution in [0, 0.1) is 0 Å². The first-order chi connectivity index (χ1) is 14.6. The van der Waals surface area contributed by atoms with E-state index in [1.54, 1.807) is 19.4 Å². The summed E-state index contributed by atoms with van der Waals surface area (Å²) in [5, 5.41) is 7.70. The van der Waals surface area contributed by atoms with Crippen molar-refractivity contribution in [1.82, 2.24) is 15.3 Å². The Kier molecular flexibility index (Phi) is 6.04. The summed E-state index contributed by atoms with van der Waals surface area (Å²) in [6.07, 6.45) is 4.29. The molecule has 2 aromatic heterocycles. The van der Waals surface area contributed by atoms with E-state index in [1.165, 1.54) is 11.3 Å². The quantitative estimate of drug-likeness (QED) is 0.637. The molecule has 30 heavy (non-hydrogen) atoms. The van der Waals surface area contributed by atoms with E-state index in [2.05, 4.69) is 20.6 Å². The van der Waals surface area contributed by atoms with Crippen LogP contribution in [0.2, 0.25) is 0 Å². The number of thiophene rings is 1. The van der Waals surface area contributed by atoms with Gasteiger partial charge in [-0.3, -0.25) is 14.9 Å². The molecule has 0 aliphatic heterocycles. The van der Waals surface area contributed by atoms with E-state index in [-0.39, 0.29) is 17.9 Å². The highest BCUT2D eigenvalue weighted by molar-refractivity contribution is 7.12. The van der Waals surface area contributed by atoms with Gasteiger partial charge in [0, 0.05) is 17.9 Å². The van der Waals surface area contributed by atoms with E-state index in [1.807, 2.05) is 35.7 Å². The molecule has 0 bridgehead atoms. The minimum absolute atomic E-state index is 0.00522. The molecule has 0 saturated carbocycles. The Labute approximate surface area is 178 Å². The molecule has 1 unspecified atom stereocenters. The van der Waals surface area contributed by atoms with Crippen LogP contribution in [0.25, 0.3) is 0 Å². The predicted octanol–water partition coefficient (Wildman–Crippen LogP) is 3.02. The van der Waals surface area contributed by atoms with Crippen LogP contribution < -0.4 is 15.4 Å². The van der Waals surface area contributed by atoms with Crippen molar-refractivity contribution in [1.29, 1.82) is 0 Å². The maximum absolute atomic E-state index is 12.4. The van der Waals surface area contributed by atoms with Crippen molar-refractivity contribution in [2.24, 2.45) is 0 Å². The Hall–Kier alpha value is -3.26. The second-order valence-electron chi connectivity index (χ2n) is 7.13. The fourth-order valence-corrected chi connectivity index (χ4v) is 4.09. The third-order valence-corrected chi connectivity index (χ3v) is 5.88. The second kappa shape index (κ2) is 9.04.